The Morgan fingerprint density at radius 2 is 2.03 bits per heavy atom. The highest BCUT2D eigenvalue weighted by Gasteiger charge is 2.44. The molecule has 2 N–H and O–H groups in total. The van der Waals surface area contributed by atoms with Crippen molar-refractivity contribution in [1.82, 2.24) is 25.7 Å². The van der Waals surface area contributed by atoms with Crippen LogP contribution < -0.4 is 10.6 Å². The number of hydrogen-bond acceptors (Lipinski definition) is 6. The molecule has 2 aromatic rings. The molecule has 160 valence electrons. The summed E-state index contributed by atoms with van der Waals surface area (Å²) in [7, 11) is 0. The molecule has 30 heavy (non-hydrogen) atoms. The van der Waals surface area contributed by atoms with Gasteiger partial charge in [0.05, 0.1) is 6.04 Å². The second-order valence-corrected chi connectivity index (χ2v) is 8.07. The quantitative estimate of drug-likeness (QED) is 0.760. The zero-order valence-corrected chi connectivity index (χ0v) is 16.7. The average molecular weight is 419 g/mol. The fraction of sp³-hybridized carbons (Fsp3) is 0.500. The molecule has 0 aliphatic carbocycles. The monoisotopic (exact) mass is 419 g/mol. The van der Waals surface area contributed by atoms with E-state index < -0.39 is 23.6 Å². The minimum atomic E-state index is -0.816. The van der Waals surface area contributed by atoms with Crippen molar-refractivity contribution in [3.05, 3.63) is 47.2 Å². The van der Waals surface area contributed by atoms with Gasteiger partial charge in [-0.3, -0.25) is 14.5 Å². The molecule has 1 aromatic heterocycles. The first-order valence-corrected chi connectivity index (χ1v) is 9.93. The lowest BCUT2D eigenvalue weighted by Gasteiger charge is -2.36. The number of carbonyl (C=O) groups excluding carboxylic acids is 2. The summed E-state index contributed by atoms with van der Waals surface area (Å²) in [5.41, 5.74) is -0.0922. The third kappa shape index (κ3) is 4.18. The van der Waals surface area contributed by atoms with Crippen LogP contribution in [0.1, 0.15) is 48.3 Å². The first-order chi connectivity index (χ1) is 14.3. The number of rotatable bonds is 5. The minimum absolute atomic E-state index is 0.0540. The van der Waals surface area contributed by atoms with Crippen molar-refractivity contribution in [2.45, 2.75) is 50.7 Å². The molecule has 8 nitrogen and oxygen atoms in total. The summed E-state index contributed by atoms with van der Waals surface area (Å²) in [6, 6.07) is 1.90. The van der Waals surface area contributed by atoms with Gasteiger partial charge in [-0.15, -0.1) is 10.2 Å². The molecule has 4 rings (SSSR count). The number of carbonyl (C=O) groups is 2. The zero-order chi connectivity index (χ0) is 21.4. The molecule has 0 unspecified atom stereocenters. The Bertz CT molecular complexity index is 943. The van der Waals surface area contributed by atoms with Crippen LogP contribution in [-0.2, 0) is 11.2 Å². The lowest BCUT2D eigenvalue weighted by Crippen LogP contribution is -2.58. The van der Waals surface area contributed by atoms with Gasteiger partial charge in [-0.25, -0.2) is 8.78 Å². The maximum atomic E-state index is 13.4. The Morgan fingerprint density at radius 1 is 1.30 bits per heavy atom. The van der Waals surface area contributed by atoms with Gasteiger partial charge >= 0.3 is 0 Å². The molecule has 1 aromatic carbocycles. The molecule has 3 heterocycles. The van der Waals surface area contributed by atoms with E-state index in [0.717, 1.165) is 12.1 Å². The minimum Gasteiger partial charge on any atom is -0.425 e. The van der Waals surface area contributed by atoms with Crippen LogP contribution in [0.3, 0.4) is 0 Å². The van der Waals surface area contributed by atoms with Crippen molar-refractivity contribution in [3.63, 3.8) is 0 Å². The summed E-state index contributed by atoms with van der Waals surface area (Å²) in [5.74, 6) is -1.12. The Balaban J connectivity index is 1.44. The van der Waals surface area contributed by atoms with E-state index in [0.29, 0.717) is 43.8 Å². The molecule has 0 radical (unpaired) electrons. The van der Waals surface area contributed by atoms with Crippen LogP contribution in [-0.4, -0.2) is 58.1 Å². The van der Waals surface area contributed by atoms with E-state index in [9.17, 15) is 18.4 Å². The van der Waals surface area contributed by atoms with E-state index in [2.05, 4.69) is 20.8 Å². The molecular formula is C20H23F2N5O3. The maximum absolute atomic E-state index is 13.4. The van der Waals surface area contributed by atoms with Gasteiger partial charge in [0.2, 0.25) is 17.7 Å². The number of nitrogens with one attached hydrogen (secondary N) is 2. The van der Waals surface area contributed by atoms with Crippen LogP contribution >= 0.6 is 0 Å². The molecule has 0 bridgehead atoms. The van der Waals surface area contributed by atoms with Crippen LogP contribution in [0, 0.1) is 11.6 Å². The summed E-state index contributed by atoms with van der Waals surface area (Å²) in [4.78, 5) is 26.8. The third-order valence-electron chi connectivity index (χ3n) is 5.47. The highest BCUT2D eigenvalue weighted by Crippen LogP contribution is 2.26. The first kappa shape index (κ1) is 20.4. The second kappa shape index (κ2) is 8.10. The van der Waals surface area contributed by atoms with E-state index >= 15 is 0 Å². The smallest absolute Gasteiger partial charge is 0.251 e. The molecule has 2 amide bonds. The van der Waals surface area contributed by atoms with E-state index in [1.54, 1.807) is 0 Å². The van der Waals surface area contributed by atoms with Gasteiger partial charge in [0.15, 0.2) is 0 Å². The van der Waals surface area contributed by atoms with Gasteiger partial charge in [-0.1, -0.05) is 13.8 Å². The molecule has 2 fully saturated rings. The van der Waals surface area contributed by atoms with Crippen LogP contribution in [0.25, 0.3) is 0 Å². The number of fused-ring (bicyclic) bond motifs is 1. The Labute approximate surface area is 172 Å². The van der Waals surface area contributed by atoms with Crippen LogP contribution in [0.2, 0.25) is 0 Å². The molecule has 2 saturated heterocycles. The topological polar surface area (TPSA) is 100 Å². The highest BCUT2D eigenvalue weighted by atomic mass is 19.1. The second-order valence-electron chi connectivity index (χ2n) is 8.07. The van der Waals surface area contributed by atoms with Crippen molar-refractivity contribution in [3.8, 4) is 0 Å². The van der Waals surface area contributed by atoms with Crippen LogP contribution in [0.4, 0.5) is 8.78 Å². The molecule has 0 spiro atoms. The Hall–Kier alpha value is -2.88. The van der Waals surface area contributed by atoms with Crippen molar-refractivity contribution in [2.75, 3.05) is 13.1 Å². The summed E-state index contributed by atoms with van der Waals surface area (Å²) < 4.78 is 32.5. The molecule has 2 aliphatic heterocycles. The van der Waals surface area contributed by atoms with Crippen LogP contribution in [0.5, 0.6) is 0 Å². The number of amides is 2. The lowest BCUT2D eigenvalue weighted by atomic mass is 10.1. The van der Waals surface area contributed by atoms with E-state index in [1.807, 2.05) is 18.7 Å². The van der Waals surface area contributed by atoms with Gasteiger partial charge in [0, 0.05) is 49.1 Å². The fourth-order valence-electron chi connectivity index (χ4n) is 4.01. The number of benzene rings is 1. The summed E-state index contributed by atoms with van der Waals surface area (Å²) in [6.45, 7) is 4.81. The van der Waals surface area contributed by atoms with Crippen molar-refractivity contribution < 1.29 is 22.8 Å². The lowest BCUT2D eigenvalue weighted by molar-refractivity contribution is -0.129. The summed E-state index contributed by atoms with van der Waals surface area (Å²) in [6.07, 6.45) is 0.888. The van der Waals surface area contributed by atoms with Gasteiger partial charge in [0.1, 0.15) is 11.6 Å². The summed E-state index contributed by atoms with van der Waals surface area (Å²) >= 11 is 0. The average Bonchev–Trinajstić information content (AvgIpc) is 3.31. The number of piperazine rings is 1. The number of nitrogens with zero attached hydrogens (tertiary/aromatic N) is 3. The van der Waals surface area contributed by atoms with Crippen molar-refractivity contribution in [1.29, 1.82) is 0 Å². The fourth-order valence-corrected chi connectivity index (χ4v) is 4.01. The van der Waals surface area contributed by atoms with Crippen LogP contribution in [0.15, 0.2) is 22.6 Å². The highest BCUT2D eigenvalue weighted by molar-refractivity contribution is 5.94. The number of aromatic nitrogens is 2. The first-order valence-electron chi connectivity index (χ1n) is 9.93. The van der Waals surface area contributed by atoms with E-state index in [4.69, 9.17) is 4.42 Å². The van der Waals surface area contributed by atoms with Crippen molar-refractivity contribution in [2.24, 2.45) is 0 Å². The summed E-state index contributed by atoms with van der Waals surface area (Å²) in [5, 5.41) is 13.8. The van der Waals surface area contributed by atoms with E-state index in [1.165, 1.54) is 0 Å². The molecule has 10 heteroatoms. The van der Waals surface area contributed by atoms with Gasteiger partial charge in [-0.05, 0) is 18.6 Å². The van der Waals surface area contributed by atoms with Gasteiger partial charge < -0.3 is 15.1 Å². The SMILES string of the molecule is CC(C)c1nnc(C[C@@H]2CNC(=O)[C@@H]3C[C@H](NC(=O)c4cc(F)cc(F)c4)CN23)o1. The van der Waals surface area contributed by atoms with Crippen molar-refractivity contribution >= 4 is 11.8 Å². The maximum Gasteiger partial charge on any atom is 0.251 e. The standard InChI is InChI=1S/C20H23F2N5O3/c1-10(2)20-26-25-17(30-20)7-15-8-23-19(29)16-6-14(9-27(15)16)24-18(28)11-3-12(21)5-13(22)4-11/h3-5,10,14-16H,6-9H2,1-2H3,(H,23,29)(H,24,28)/t14-,15+,16-/m0/s1. The predicted octanol–water partition coefficient (Wildman–Crippen LogP) is 1.39. The predicted molar refractivity (Wildman–Crippen MR) is 102 cm³/mol. The van der Waals surface area contributed by atoms with Gasteiger partial charge in [-0.2, -0.15) is 0 Å². The van der Waals surface area contributed by atoms with E-state index in [-0.39, 0.29) is 29.5 Å². The number of halogens is 2. The zero-order valence-electron chi connectivity index (χ0n) is 16.7. The van der Waals surface area contributed by atoms with Gasteiger partial charge in [0.25, 0.3) is 5.91 Å². The Kier molecular flexibility index (Phi) is 5.50. The molecule has 0 saturated carbocycles. The third-order valence-corrected chi connectivity index (χ3v) is 5.47. The molecule has 3 atom stereocenters. The molecular weight excluding hydrogens is 396 g/mol. The molecule has 2 aliphatic rings. The normalized spacial score (nSPS) is 24.0. The largest absolute Gasteiger partial charge is 0.425 e. The Morgan fingerprint density at radius 3 is 2.70 bits per heavy atom. The number of hydrogen-bond donors (Lipinski definition) is 2.